The molecule has 0 aliphatic carbocycles. The van der Waals surface area contributed by atoms with Crippen molar-refractivity contribution in [3.05, 3.63) is 70.1 Å². The SMILES string of the molecule is CC(C)N=c1scc(-c2ccccc2F)n1N=Cc1cccc(O)c1. The molecular formula is C19H18FN3OS. The number of thiazole rings is 1. The highest BCUT2D eigenvalue weighted by Gasteiger charge is 2.11. The van der Waals surface area contributed by atoms with E-state index in [4.69, 9.17) is 0 Å². The minimum atomic E-state index is -0.308. The predicted octanol–water partition coefficient (Wildman–Crippen LogP) is 4.25. The summed E-state index contributed by atoms with van der Waals surface area (Å²) < 4.78 is 15.9. The molecule has 128 valence electrons. The smallest absolute Gasteiger partial charge is 0.206 e. The van der Waals surface area contributed by atoms with Gasteiger partial charge in [0.1, 0.15) is 11.6 Å². The van der Waals surface area contributed by atoms with Crippen LogP contribution in [0.3, 0.4) is 0 Å². The Balaban J connectivity index is 2.13. The fraction of sp³-hybridized carbons (Fsp3) is 0.158. The predicted molar refractivity (Wildman–Crippen MR) is 99.5 cm³/mol. The number of phenolic OH excluding ortho intramolecular Hbond substituents is 1. The van der Waals surface area contributed by atoms with Crippen molar-refractivity contribution in [1.29, 1.82) is 0 Å². The second kappa shape index (κ2) is 7.44. The molecule has 0 saturated carbocycles. The van der Waals surface area contributed by atoms with Gasteiger partial charge in [0.25, 0.3) is 0 Å². The van der Waals surface area contributed by atoms with Crippen LogP contribution in [0.4, 0.5) is 4.39 Å². The maximum absolute atomic E-state index is 14.2. The van der Waals surface area contributed by atoms with E-state index in [2.05, 4.69) is 10.1 Å². The molecule has 0 aliphatic rings. The van der Waals surface area contributed by atoms with Crippen LogP contribution in [0.5, 0.6) is 5.75 Å². The number of benzene rings is 2. The third kappa shape index (κ3) is 4.03. The van der Waals surface area contributed by atoms with Crippen molar-refractivity contribution < 1.29 is 9.50 Å². The van der Waals surface area contributed by atoms with E-state index in [1.165, 1.54) is 17.4 Å². The van der Waals surface area contributed by atoms with Crippen molar-refractivity contribution >= 4 is 17.6 Å². The van der Waals surface area contributed by atoms with Crippen molar-refractivity contribution in [3.63, 3.8) is 0 Å². The fourth-order valence-electron chi connectivity index (χ4n) is 2.31. The van der Waals surface area contributed by atoms with E-state index in [1.807, 2.05) is 25.3 Å². The normalized spacial score (nSPS) is 12.4. The lowest BCUT2D eigenvalue weighted by atomic mass is 10.1. The van der Waals surface area contributed by atoms with E-state index in [-0.39, 0.29) is 17.6 Å². The van der Waals surface area contributed by atoms with Gasteiger partial charge in [0.15, 0.2) is 0 Å². The first kappa shape index (κ1) is 17.1. The molecule has 4 nitrogen and oxygen atoms in total. The van der Waals surface area contributed by atoms with E-state index in [1.54, 1.807) is 47.3 Å². The maximum Gasteiger partial charge on any atom is 0.206 e. The zero-order valence-electron chi connectivity index (χ0n) is 13.9. The molecule has 25 heavy (non-hydrogen) atoms. The molecule has 3 aromatic rings. The average molecular weight is 355 g/mol. The van der Waals surface area contributed by atoms with Crippen molar-refractivity contribution in [3.8, 4) is 17.0 Å². The molecule has 6 heteroatoms. The molecule has 0 bridgehead atoms. The number of hydrogen-bond acceptors (Lipinski definition) is 4. The fourth-order valence-corrected chi connectivity index (χ4v) is 3.27. The van der Waals surface area contributed by atoms with E-state index >= 15 is 0 Å². The Kier molecular flexibility index (Phi) is 5.09. The highest BCUT2D eigenvalue weighted by atomic mass is 32.1. The van der Waals surface area contributed by atoms with Gasteiger partial charge in [-0.25, -0.2) is 9.07 Å². The molecule has 2 aromatic carbocycles. The molecule has 3 rings (SSSR count). The van der Waals surface area contributed by atoms with Crippen molar-refractivity contribution in [2.24, 2.45) is 10.1 Å². The average Bonchev–Trinajstić information content (AvgIpc) is 2.95. The summed E-state index contributed by atoms with van der Waals surface area (Å²) in [5, 5.41) is 15.9. The lowest BCUT2D eigenvalue weighted by Gasteiger charge is -2.05. The van der Waals surface area contributed by atoms with Crippen LogP contribution in [0.1, 0.15) is 19.4 Å². The third-order valence-electron chi connectivity index (χ3n) is 3.40. The minimum Gasteiger partial charge on any atom is -0.508 e. The number of phenols is 1. The number of rotatable bonds is 4. The van der Waals surface area contributed by atoms with Crippen molar-refractivity contribution in [1.82, 2.24) is 4.68 Å². The van der Waals surface area contributed by atoms with E-state index in [0.717, 1.165) is 5.56 Å². The standard InChI is InChI=1S/C19H18FN3OS/c1-13(2)22-19-23(21-11-14-6-5-7-15(24)10-14)18(12-25-19)16-8-3-4-9-17(16)20/h3-13,24H,1-2H3. The Morgan fingerprint density at radius 1 is 1.16 bits per heavy atom. The quantitative estimate of drug-likeness (QED) is 0.699. The Morgan fingerprint density at radius 3 is 2.68 bits per heavy atom. The molecule has 1 N–H and O–H groups in total. The van der Waals surface area contributed by atoms with Gasteiger partial charge in [0, 0.05) is 17.0 Å². The second-order valence-electron chi connectivity index (χ2n) is 5.76. The van der Waals surface area contributed by atoms with Gasteiger partial charge in [0.05, 0.1) is 11.9 Å². The molecule has 0 saturated heterocycles. The van der Waals surface area contributed by atoms with Crippen LogP contribution in [0, 0.1) is 5.82 Å². The zero-order valence-corrected chi connectivity index (χ0v) is 14.7. The number of nitrogens with zero attached hydrogens (tertiary/aromatic N) is 3. The molecule has 1 heterocycles. The Hall–Kier alpha value is -2.73. The largest absolute Gasteiger partial charge is 0.508 e. The number of aromatic hydroxyl groups is 1. The first-order valence-corrected chi connectivity index (χ1v) is 8.75. The van der Waals surface area contributed by atoms with Crippen LogP contribution in [-0.4, -0.2) is 22.0 Å². The van der Waals surface area contributed by atoms with Gasteiger partial charge in [-0.2, -0.15) is 5.10 Å². The molecular weight excluding hydrogens is 337 g/mol. The van der Waals surface area contributed by atoms with Crippen LogP contribution in [-0.2, 0) is 0 Å². The molecule has 0 aliphatic heterocycles. The van der Waals surface area contributed by atoms with Crippen LogP contribution >= 0.6 is 11.3 Å². The van der Waals surface area contributed by atoms with Gasteiger partial charge in [-0.05, 0) is 43.7 Å². The molecule has 0 spiro atoms. The molecule has 0 atom stereocenters. The number of aromatic nitrogens is 1. The second-order valence-corrected chi connectivity index (χ2v) is 6.59. The Bertz CT molecular complexity index is 973. The minimum absolute atomic E-state index is 0.0920. The lowest BCUT2D eigenvalue weighted by molar-refractivity contribution is 0.475. The summed E-state index contributed by atoms with van der Waals surface area (Å²) in [7, 11) is 0. The molecule has 0 fully saturated rings. The molecule has 0 amide bonds. The number of hydrogen-bond donors (Lipinski definition) is 1. The van der Waals surface area contributed by atoms with E-state index < -0.39 is 0 Å². The zero-order chi connectivity index (χ0) is 17.8. The van der Waals surface area contributed by atoms with Crippen LogP contribution in [0.25, 0.3) is 11.3 Å². The van der Waals surface area contributed by atoms with E-state index in [0.29, 0.717) is 16.1 Å². The maximum atomic E-state index is 14.2. The highest BCUT2D eigenvalue weighted by molar-refractivity contribution is 7.07. The van der Waals surface area contributed by atoms with E-state index in [9.17, 15) is 9.50 Å². The number of halogens is 1. The van der Waals surface area contributed by atoms with Gasteiger partial charge < -0.3 is 5.11 Å². The summed E-state index contributed by atoms with van der Waals surface area (Å²) >= 11 is 1.41. The van der Waals surface area contributed by atoms with Crippen molar-refractivity contribution in [2.75, 3.05) is 0 Å². The summed E-state index contributed by atoms with van der Waals surface area (Å²) in [5.74, 6) is -0.140. The van der Waals surface area contributed by atoms with Gasteiger partial charge in [-0.3, -0.25) is 4.99 Å². The summed E-state index contributed by atoms with van der Waals surface area (Å²) in [5.41, 5.74) is 1.85. The van der Waals surface area contributed by atoms with Crippen molar-refractivity contribution in [2.45, 2.75) is 19.9 Å². The topological polar surface area (TPSA) is 49.9 Å². The van der Waals surface area contributed by atoms with Gasteiger partial charge in [0.2, 0.25) is 4.80 Å². The summed E-state index contributed by atoms with van der Waals surface area (Å²) in [6, 6.07) is 13.5. The van der Waals surface area contributed by atoms with Gasteiger partial charge >= 0.3 is 0 Å². The highest BCUT2D eigenvalue weighted by Crippen LogP contribution is 2.23. The van der Waals surface area contributed by atoms with Crippen LogP contribution < -0.4 is 4.80 Å². The Morgan fingerprint density at radius 2 is 1.96 bits per heavy atom. The summed E-state index contributed by atoms with van der Waals surface area (Å²) in [6.45, 7) is 3.96. The molecule has 1 aromatic heterocycles. The Labute approximate surface area is 149 Å². The summed E-state index contributed by atoms with van der Waals surface area (Å²) in [4.78, 5) is 5.25. The molecule has 0 radical (unpaired) electrons. The lowest BCUT2D eigenvalue weighted by Crippen LogP contribution is -2.14. The monoisotopic (exact) mass is 355 g/mol. The summed E-state index contributed by atoms with van der Waals surface area (Å²) in [6.07, 6.45) is 1.62. The van der Waals surface area contributed by atoms with Gasteiger partial charge in [-0.1, -0.05) is 24.3 Å². The first-order valence-electron chi connectivity index (χ1n) is 7.87. The first-order chi connectivity index (χ1) is 12.0. The van der Waals surface area contributed by atoms with Crippen LogP contribution in [0.15, 0.2) is 64.0 Å². The van der Waals surface area contributed by atoms with Gasteiger partial charge in [-0.15, -0.1) is 11.3 Å². The molecule has 0 unspecified atom stereocenters. The van der Waals surface area contributed by atoms with Crippen LogP contribution in [0.2, 0.25) is 0 Å². The third-order valence-corrected chi connectivity index (χ3v) is 4.23.